The fourth-order valence-electron chi connectivity index (χ4n) is 4.41. The van der Waals surface area contributed by atoms with Crippen molar-refractivity contribution in [2.24, 2.45) is 5.92 Å². The standard InChI is InChI=1S/C21H31N3O3S/c25-20(22-6-9-23-10-12-27-13-11-23)16-4-5-18-17(14-16)15-19(28-18)21(26)24-7-2-1-3-8-24/h15-16H,1-14H2,(H,22,25). The fraction of sp³-hybridized carbons (Fsp3) is 0.714. The largest absolute Gasteiger partial charge is 0.379 e. The molecule has 154 valence electrons. The Bertz CT molecular complexity index is 693. The van der Waals surface area contributed by atoms with Gasteiger partial charge in [0.15, 0.2) is 0 Å². The number of piperidine rings is 1. The lowest BCUT2D eigenvalue weighted by Gasteiger charge is -2.27. The van der Waals surface area contributed by atoms with Crippen LogP contribution in [-0.2, 0) is 22.4 Å². The number of carbonyl (C=O) groups is 2. The van der Waals surface area contributed by atoms with Gasteiger partial charge in [-0.3, -0.25) is 14.5 Å². The van der Waals surface area contributed by atoms with Crippen LogP contribution in [0.1, 0.15) is 45.8 Å². The van der Waals surface area contributed by atoms with Crippen molar-refractivity contribution in [3.8, 4) is 0 Å². The number of carbonyl (C=O) groups excluding carboxylic acids is 2. The van der Waals surface area contributed by atoms with E-state index in [1.807, 2.05) is 4.90 Å². The number of fused-ring (bicyclic) bond motifs is 1. The quantitative estimate of drug-likeness (QED) is 0.813. The number of ether oxygens (including phenoxy) is 1. The Labute approximate surface area is 171 Å². The summed E-state index contributed by atoms with van der Waals surface area (Å²) in [5.41, 5.74) is 1.21. The van der Waals surface area contributed by atoms with Gasteiger partial charge in [-0.2, -0.15) is 0 Å². The monoisotopic (exact) mass is 405 g/mol. The number of likely N-dealkylation sites (tertiary alicyclic amines) is 1. The highest BCUT2D eigenvalue weighted by Crippen LogP contribution is 2.33. The molecule has 2 saturated heterocycles. The Morgan fingerprint density at radius 1 is 1.14 bits per heavy atom. The second kappa shape index (κ2) is 9.37. The third kappa shape index (κ3) is 4.75. The summed E-state index contributed by atoms with van der Waals surface area (Å²) in [7, 11) is 0. The molecule has 2 fully saturated rings. The minimum absolute atomic E-state index is 0.0322. The van der Waals surface area contributed by atoms with E-state index in [2.05, 4.69) is 16.3 Å². The Morgan fingerprint density at radius 2 is 1.93 bits per heavy atom. The molecule has 3 aliphatic rings. The first-order valence-corrected chi connectivity index (χ1v) is 11.5. The molecule has 1 unspecified atom stereocenters. The van der Waals surface area contributed by atoms with Crippen molar-refractivity contribution in [2.75, 3.05) is 52.5 Å². The summed E-state index contributed by atoms with van der Waals surface area (Å²) in [5, 5.41) is 3.12. The van der Waals surface area contributed by atoms with Gasteiger partial charge in [0.2, 0.25) is 5.91 Å². The summed E-state index contributed by atoms with van der Waals surface area (Å²) < 4.78 is 5.36. The van der Waals surface area contributed by atoms with Gasteiger partial charge in [-0.05, 0) is 50.2 Å². The fourth-order valence-corrected chi connectivity index (χ4v) is 5.59. The second-order valence-electron chi connectivity index (χ2n) is 8.10. The molecule has 1 N–H and O–H groups in total. The first kappa shape index (κ1) is 19.9. The van der Waals surface area contributed by atoms with Crippen LogP contribution in [0.2, 0.25) is 0 Å². The topological polar surface area (TPSA) is 61.9 Å². The number of rotatable bonds is 5. The molecule has 1 atom stereocenters. The highest BCUT2D eigenvalue weighted by atomic mass is 32.1. The van der Waals surface area contributed by atoms with Gasteiger partial charge >= 0.3 is 0 Å². The van der Waals surface area contributed by atoms with Crippen LogP contribution >= 0.6 is 11.3 Å². The maximum absolute atomic E-state index is 12.8. The molecule has 3 heterocycles. The van der Waals surface area contributed by atoms with Crippen molar-refractivity contribution < 1.29 is 14.3 Å². The van der Waals surface area contributed by atoms with Crippen LogP contribution in [0.5, 0.6) is 0 Å². The average molecular weight is 406 g/mol. The van der Waals surface area contributed by atoms with Crippen molar-refractivity contribution in [1.29, 1.82) is 0 Å². The molecule has 2 aliphatic heterocycles. The summed E-state index contributed by atoms with van der Waals surface area (Å²) in [6.07, 6.45) is 6.02. The molecule has 2 amide bonds. The predicted octanol–water partition coefficient (Wildman–Crippen LogP) is 1.93. The van der Waals surface area contributed by atoms with Gasteiger partial charge in [0, 0.05) is 50.1 Å². The molecule has 6 nitrogen and oxygen atoms in total. The van der Waals surface area contributed by atoms with Crippen LogP contribution in [-0.4, -0.2) is 74.1 Å². The number of nitrogens with one attached hydrogen (secondary N) is 1. The molecule has 1 aromatic rings. The minimum atomic E-state index is 0.0322. The van der Waals surface area contributed by atoms with E-state index in [1.54, 1.807) is 11.3 Å². The lowest BCUT2D eigenvalue weighted by atomic mass is 9.87. The van der Waals surface area contributed by atoms with Crippen molar-refractivity contribution in [3.63, 3.8) is 0 Å². The van der Waals surface area contributed by atoms with Gasteiger partial charge in [0.05, 0.1) is 18.1 Å². The highest BCUT2D eigenvalue weighted by Gasteiger charge is 2.28. The first-order valence-electron chi connectivity index (χ1n) is 10.7. The van der Waals surface area contributed by atoms with E-state index in [1.165, 1.54) is 16.9 Å². The maximum atomic E-state index is 12.8. The zero-order chi connectivity index (χ0) is 19.3. The van der Waals surface area contributed by atoms with E-state index in [0.29, 0.717) is 6.54 Å². The van der Waals surface area contributed by atoms with Gasteiger partial charge in [-0.25, -0.2) is 0 Å². The summed E-state index contributed by atoms with van der Waals surface area (Å²) in [6.45, 7) is 6.83. The van der Waals surface area contributed by atoms with Gasteiger partial charge in [-0.1, -0.05) is 0 Å². The number of hydrogen-bond acceptors (Lipinski definition) is 5. The molecule has 28 heavy (non-hydrogen) atoms. The molecule has 0 aromatic carbocycles. The first-order chi connectivity index (χ1) is 13.7. The maximum Gasteiger partial charge on any atom is 0.263 e. The molecule has 1 aromatic heterocycles. The molecular weight excluding hydrogens is 374 g/mol. The smallest absolute Gasteiger partial charge is 0.263 e. The predicted molar refractivity (Wildman–Crippen MR) is 110 cm³/mol. The molecule has 0 radical (unpaired) electrons. The number of thiophene rings is 1. The van der Waals surface area contributed by atoms with Crippen LogP contribution in [0.3, 0.4) is 0 Å². The molecule has 1 aliphatic carbocycles. The zero-order valence-corrected chi connectivity index (χ0v) is 17.4. The third-order valence-corrected chi connectivity index (χ3v) is 7.36. The van der Waals surface area contributed by atoms with E-state index < -0.39 is 0 Å². The normalized spacial score (nSPS) is 23.3. The lowest BCUT2D eigenvalue weighted by molar-refractivity contribution is -0.125. The summed E-state index contributed by atoms with van der Waals surface area (Å²) in [5.74, 6) is 0.379. The van der Waals surface area contributed by atoms with Crippen LogP contribution in [0.25, 0.3) is 0 Å². The minimum Gasteiger partial charge on any atom is -0.379 e. The Kier molecular flexibility index (Phi) is 6.65. The van der Waals surface area contributed by atoms with Gasteiger partial charge in [0.25, 0.3) is 5.91 Å². The average Bonchev–Trinajstić information content (AvgIpc) is 3.18. The summed E-state index contributed by atoms with van der Waals surface area (Å²) in [6, 6.07) is 2.06. The summed E-state index contributed by atoms with van der Waals surface area (Å²) in [4.78, 5) is 31.9. The van der Waals surface area contributed by atoms with E-state index in [4.69, 9.17) is 4.74 Å². The number of aryl methyl sites for hydroxylation is 1. The van der Waals surface area contributed by atoms with E-state index >= 15 is 0 Å². The molecule has 0 spiro atoms. The number of amides is 2. The van der Waals surface area contributed by atoms with E-state index in [-0.39, 0.29) is 17.7 Å². The summed E-state index contributed by atoms with van der Waals surface area (Å²) >= 11 is 1.65. The SMILES string of the molecule is O=C(NCCN1CCOCC1)C1CCc2sc(C(=O)N3CCCCC3)cc2C1. The van der Waals surface area contributed by atoms with Crippen LogP contribution in [0.4, 0.5) is 0 Å². The molecular formula is C21H31N3O3S. The highest BCUT2D eigenvalue weighted by molar-refractivity contribution is 7.14. The van der Waals surface area contributed by atoms with Crippen LogP contribution in [0, 0.1) is 5.92 Å². The second-order valence-corrected chi connectivity index (χ2v) is 9.23. The Morgan fingerprint density at radius 3 is 2.71 bits per heavy atom. The van der Waals surface area contributed by atoms with Crippen LogP contribution < -0.4 is 5.32 Å². The van der Waals surface area contributed by atoms with Crippen molar-refractivity contribution >= 4 is 23.2 Å². The molecule has 4 rings (SSSR count). The van der Waals surface area contributed by atoms with Crippen LogP contribution in [0.15, 0.2) is 6.07 Å². The number of hydrogen-bond donors (Lipinski definition) is 1. The van der Waals surface area contributed by atoms with Gasteiger partial charge < -0.3 is 15.0 Å². The van der Waals surface area contributed by atoms with Gasteiger partial charge in [-0.15, -0.1) is 11.3 Å². The number of morpholine rings is 1. The third-order valence-electron chi connectivity index (χ3n) is 6.14. The molecule has 0 bridgehead atoms. The lowest BCUT2D eigenvalue weighted by Crippen LogP contribution is -2.43. The number of nitrogens with zero attached hydrogens (tertiary/aromatic N) is 2. The Balaban J connectivity index is 1.28. The Hall–Kier alpha value is -1.44. The van der Waals surface area contributed by atoms with Crippen molar-refractivity contribution in [3.05, 3.63) is 21.4 Å². The van der Waals surface area contributed by atoms with Crippen molar-refractivity contribution in [1.82, 2.24) is 15.1 Å². The van der Waals surface area contributed by atoms with Crippen molar-refractivity contribution in [2.45, 2.75) is 38.5 Å². The zero-order valence-electron chi connectivity index (χ0n) is 16.6. The van der Waals surface area contributed by atoms with E-state index in [9.17, 15) is 9.59 Å². The van der Waals surface area contributed by atoms with E-state index in [0.717, 1.165) is 82.9 Å². The molecule has 7 heteroatoms. The van der Waals surface area contributed by atoms with Gasteiger partial charge in [0.1, 0.15) is 0 Å². The molecule has 0 saturated carbocycles.